The van der Waals surface area contributed by atoms with Crippen molar-refractivity contribution in [2.24, 2.45) is 0 Å². The molecule has 66 valence electrons. The molecule has 0 saturated carbocycles. The lowest BCUT2D eigenvalue weighted by atomic mass is 9.85. The monoisotopic (exact) mass is 154 g/mol. The predicted molar refractivity (Wildman–Crippen MR) is 56.0 cm³/mol. The summed E-state index contributed by atoms with van der Waals surface area (Å²) in [6.45, 7) is 4.58. The van der Waals surface area contributed by atoms with Crippen molar-refractivity contribution in [3.63, 3.8) is 0 Å². The van der Waals surface area contributed by atoms with E-state index in [0.29, 0.717) is 0 Å². The van der Waals surface area contributed by atoms with Crippen LogP contribution >= 0.6 is 0 Å². The average molecular weight is 154 g/mol. The van der Waals surface area contributed by atoms with Gasteiger partial charge in [-0.15, -0.1) is 0 Å². The second kappa shape index (κ2) is 8.16. The quantitative estimate of drug-likeness (QED) is 0.390. The fourth-order valence-corrected chi connectivity index (χ4v) is 1.33. The molecule has 0 aromatic carbocycles. The van der Waals surface area contributed by atoms with Crippen LogP contribution in [-0.2, 0) is 0 Å². The minimum atomic E-state index is 0.904. The zero-order chi connectivity index (χ0) is 8.53. The van der Waals surface area contributed by atoms with Crippen LogP contribution in [0.5, 0.6) is 0 Å². The Labute approximate surface area is 73.2 Å². The maximum absolute atomic E-state index is 2.31. The number of hydrogen-bond acceptors (Lipinski definition) is 0. The van der Waals surface area contributed by atoms with Crippen molar-refractivity contribution in [3.05, 3.63) is 0 Å². The normalized spacial score (nSPS) is 13.3. The molecule has 0 radical (unpaired) electrons. The molecule has 1 atom stereocenters. The topological polar surface area (TPSA) is 0 Å². The predicted octanol–water partition coefficient (Wildman–Crippen LogP) is 3.18. The first kappa shape index (κ1) is 11.1. The summed E-state index contributed by atoms with van der Waals surface area (Å²) in [6.07, 6.45) is 10.0. The van der Waals surface area contributed by atoms with Gasteiger partial charge in [0.2, 0.25) is 0 Å². The first-order valence-electron chi connectivity index (χ1n) is 5.27. The lowest BCUT2D eigenvalue weighted by molar-refractivity contribution is 0.585. The molecule has 0 aromatic heterocycles. The maximum atomic E-state index is 2.31. The number of rotatable bonds is 7. The molecule has 11 heavy (non-hydrogen) atoms. The Morgan fingerprint density at radius 3 is 2.09 bits per heavy atom. The Balaban J connectivity index is 2.80. The second-order valence-electron chi connectivity index (χ2n) is 3.95. The molecular formula is C10H23B. The highest BCUT2D eigenvalue weighted by atomic mass is 14.0. The molecule has 0 rings (SSSR count). The van der Waals surface area contributed by atoms with Gasteiger partial charge in [-0.1, -0.05) is 64.6 Å². The summed E-state index contributed by atoms with van der Waals surface area (Å²) in [4.78, 5) is 0. The van der Waals surface area contributed by atoms with Gasteiger partial charge < -0.3 is 0 Å². The van der Waals surface area contributed by atoms with E-state index in [9.17, 15) is 0 Å². The maximum Gasteiger partial charge on any atom is 0.105 e. The van der Waals surface area contributed by atoms with E-state index in [1.807, 2.05) is 0 Å². The molecule has 1 unspecified atom stereocenters. The average Bonchev–Trinajstić information content (AvgIpc) is 1.96. The number of hydrogen-bond donors (Lipinski definition) is 0. The van der Waals surface area contributed by atoms with E-state index < -0.39 is 0 Å². The molecule has 0 bridgehead atoms. The Bertz CT molecular complexity index is 69.3. The third kappa shape index (κ3) is 10.1. The summed E-state index contributed by atoms with van der Waals surface area (Å²) in [5.41, 5.74) is 0. The molecule has 0 heterocycles. The summed E-state index contributed by atoms with van der Waals surface area (Å²) in [6, 6.07) is 0. The lowest BCUT2D eigenvalue weighted by Gasteiger charge is -2.03. The highest BCUT2D eigenvalue weighted by Gasteiger charge is 1.93. The van der Waals surface area contributed by atoms with E-state index in [2.05, 4.69) is 21.7 Å². The standard InChI is InChI=1S/C10H23B/c1-3-4-5-6-7-8-9-10(2)11/h10H,3-9,11H2,1-2H3. The van der Waals surface area contributed by atoms with E-state index in [0.717, 1.165) is 5.82 Å². The highest BCUT2D eigenvalue weighted by molar-refractivity contribution is 6.11. The summed E-state index contributed by atoms with van der Waals surface area (Å²) in [5.74, 6) is 0.904. The molecule has 0 saturated heterocycles. The van der Waals surface area contributed by atoms with Crippen LogP contribution in [0.4, 0.5) is 0 Å². The fraction of sp³-hybridized carbons (Fsp3) is 1.00. The van der Waals surface area contributed by atoms with Crippen molar-refractivity contribution >= 4 is 7.85 Å². The molecule has 0 aromatic rings. The molecule has 0 spiro atoms. The molecule has 0 aliphatic rings. The minimum absolute atomic E-state index is 0.904. The van der Waals surface area contributed by atoms with Crippen LogP contribution in [0.15, 0.2) is 0 Å². The van der Waals surface area contributed by atoms with Crippen LogP contribution in [-0.4, -0.2) is 7.85 Å². The van der Waals surface area contributed by atoms with Gasteiger partial charge in [-0.2, -0.15) is 0 Å². The first-order chi connectivity index (χ1) is 5.27. The first-order valence-corrected chi connectivity index (χ1v) is 5.27. The fourth-order valence-electron chi connectivity index (χ4n) is 1.33. The second-order valence-corrected chi connectivity index (χ2v) is 3.95. The summed E-state index contributed by atoms with van der Waals surface area (Å²) < 4.78 is 0. The Morgan fingerprint density at radius 2 is 1.55 bits per heavy atom. The van der Waals surface area contributed by atoms with Crippen LogP contribution in [0.2, 0.25) is 5.82 Å². The van der Waals surface area contributed by atoms with Crippen LogP contribution in [0.1, 0.15) is 58.8 Å². The van der Waals surface area contributed by atoms with Gasteiger partial charge in [0.25, 0.3) is 0 Å². The van der Waals surface area contributed by atoms with Gasteiger partial charge in [0.15, 0.2) is 0 Å². The van der Waals surface area contributed by atoms with E-state index in [1.54, 1.807) is 0 Å². The third-order valence-electron chi connectivity index (χ3n) is 2.14. The molecule has 0 fully saturated rings. The van der Waals surface area contributed by atoms with Crippen molar-refractivity contribution in [2.45, 2.75) is 64.6 Å². The van der Waals surface area contributed by atoms with E-state index in [-0.39, 0.29) is 0 Å². The van der Waals surface area contributed by atoms with Gasteiger partial charge in [-0.3, -0.25) is 0 Å². The van der Waals surface area contributed by atoms with Crippen molar-refractivity contribution in [2.75, 3.05) is 0 Å². The van der Waals surface area contributed by atoms with Crippen LogP contribution < -0.4 is 0 Å². The summed E-state index contributed by atoms with van der Waals surface area (Å²) in [5, 5.41) is 0. The molecule has 0 amide bonds. The van der Waals surface area contributed by atoms with Gasteiger partial charge in [0.05, 0.1) is 0 Å². The Kier molecular flexibility index (Phi) is 8.21. The molecule has 0 N–H and O–H groups in total. The largest absolute Gasteiger partial charge is 0.105 e. The minimum Gasteiger partial charge on any atom is -0.0725 e. The van der Waals surface area contributed by atoms with Gasteiger partial charge in [-0.05, 0) is 0 Å². The van der Waals surface area contributed by atoms with Gasteiger partial charge >= 0.3 is 0 Å². The van der Waals surface area contributed by atoms with E-state index >= 15 is 0 Å². The van der Waals surface area contributed by atoms with Crippen LogP contribution in [0.25, 0.3) is 0 Å². The molecule has 0 aliphatic carbocycles. The lowest BCUT2D eigenvalue weighted by Crippen LogP contribution is -1.85. The van der Waals surface area contributed by atoms with Crippen LogP contribution in [0, 0.1) is 0 Å². The molecule has 0 nitrogen and oxygen atoms in total. The molecule has 1 heteroatoms. The van der Waals surface area contributed by atoms with Crippen molar-refractivity contribution in [1.29, 1.82) is 0 Å². The van der Waals surface area contributed by atoms with Gasteiger partial charge in [-0.25, -0.2) is 0 Å². The zero-order valence-corrected chi connectivity index (χ0v) is 8.53. The van der Waals surface area contributed by atoms with Crippen molar-refractivity contribution in [1.82, 2.24) is 0 Å². The van der Waals surface area contributed by atoms with Crippen molar-refractivity contribution < 1.29 is 0 Å². The molecule has 0 aliphatic heterocycles. The Hall–Kier alpha value is 0.0649. The third-order valence-corrected chi connectivity index (χ3v) is 2.14. The van der Waals surface area contributed by atoms with Gasteiger partial charge in [0.1, 0.15) is 7.85 Å². The zero-order valence-electron chi connectivity index (χ0n) is 8.53. The highest BCUT2D eigenvalue weighted by Crippen LogP contribution is 2.12. The number of unbranched alkanes of at least 4 members (excludes halogenated alkanes) is 5. The SMILES string of the molecule is BC(C)CCCCCCCC. The summed E-state index contributed by atoms with van der Waals surface area (Å²) >= 11 is 0. The van der Waals surface area contributed by atoms with Gasteiger partial charge in [0, 0.05) is 0 Å². The molecular weight excluding hydrogens is 131 g/mol. The van der Waals surface area contributed by atoms with Crippen molar-refractivity contribution in [3.8, 4) is 0 Å². The van der Waals surface area contributed by atoms with E-state index in [1.165, 1.54) is 44.9 Å². The van der Waals surface area contributed by atoms with E-state index in [4.69, 9.17) is 0 Å². The van der Waals surface area contributed by atoms with Crippen LogP contribution in [0.3, 0.4) is 0 Å². The smallest absolute Gasteiger partial charge is 0.0725 e. The Morgan fingerprint density at radius 1 is 1.00 bits per heavy atom. The summed E-state index contributed by atoms with van der Waals surface area (Å²) in [7, 11) is 2.31.